The summed E-state index contributed by atoms with van der Waals surface area (Å²) in [6.07, 6.45) is 7.80. The number of rotatable bonds is 5. The van der Waals surface area contributed by atoms with Crippen molar-refractivity contribution in [1.29, 1.82) is 0 Å². The zero-order valence-corrected chi connectivity index (χ0v) is 12.6. The maximum absolute atomic E-state index is 10.9. The van der Waals surface area contributed by atoms with Crippen LogP contribution in [0, 0.1) is 0 Å². The summed E-state index contributed by atoms with van der Waals surface area (Å²) in [7, 11) is 2.12. The van der Waals surface area contributed by atoms with Gasteiger partial charge in [-0.3, -0.25) is 0 Å². The van der Waals surface area contributed by atoms with E-state index >= 15 is 0 Å². The van der Waals surface area contributed by atoms with E-state index in [4.69, 9.17) is 5.73 Å². The van der Waals surface area contributed by atoms with Crippen LogP contribution < -0.4 is 5.73 Å². The maximum Gasteiger partial charge on any atom is 0.114 e. The number of nitrogens with zero attached hydrogens (tertiary/aromatic N) is 1. The highest BCUT2D eigenvalue weighted by molar-refractivity contribution is 5.23. The number of likely N-dealkylation sites (N-methyl/N-ethyl adjacent to an activating group) is 1. The summed E-state index contributed by atoms with van der Waals surface area (Å²) in [4.78, 5) is 2.31. The molecule has 20 heavy (non-hydrogen) atoms. The highest BCUT2D eigenvalue weighted by Gasteiger charge is 2.31. The highest BCUT2D eigenvalue weighted by Crippen LogP contribution is 2.26. The second-order valence-electron chi connectivity index (χ2n) is 6.16. The van der Waals surface area contributed by atoms with Crippen molar-refractivity contribution in [2.75, 3.05) is 20.1 Å². The first-order chi connectivity index (χ1) is 9.65. The van der Waals surface area contributed by atoms with Gasteiger partial charge in [0, 0.05) is 19.1 Å². The molecule has 0 heterocycles. The van der Waals surface area contributed by atoms with Crippen LogP contribution in [-0.4, -0.2) is 36.2 Å². The normalized spacial score (nSPS) is 20.6. The molecule has 0 amide bonds. The Hall–Kier alpha value is -0.900. The Labute approximate surface area is 122 Å². The van der Waals surface area contributed by atoms with Gasteiger partial charge in [-0.05, 0) is 25.5 Å². The van der Waals surface area contributed by atoms with Crippen molar-refractivity contribution >= 4 is 0 Å². The molecule has 1 aliphatic carbocycles. The van der Waals surface area contributed by atoms with Gasteiger partial charge in [-0.15, -0.1) is 0 Å². The minimum Gasteiger partial charge on any atom is -0.382 e. The summed E-state index contributed by atoms with van der Waals surface area (Å²) in [5.74, 6) is 0. The average molecular weight is 276 g/mol. The van der Waals surface area contributed by atoms with E-state index in [1.165, 1.54) is 38.5 Å². The van der Waals surface area contributed by atoms with Crippen molar-refractivity contribution in [2.24, 2.45) is 5.73 Å². The summed E-state index contributed by atoms with van der Waals surface area (Å²) in [6, 6.07) is 10.4. The summed E-state index contributed by atoms with van der Waals surface area (Å²) >= 11 is 0. The van der Waals surface area contributed by atoms with Crippen molar-refractivity contribution in [3.05, 3.63) is 35.9 Å². The van der Waals surface area contributed by atoms with Crippen LogP contribution in [0.3, 0.4) is 0 Å². The van der Waals surface area contributed by atoms with E-state index in [-0.39, 0.29) is 6.54 Å². The minimum atomic E-state index is -0.942. The molecule has 1 aromatic rings. The lowest BCUT2D eigenvalue weighted by molar-refractivity contribution is 0.000818. The molecule has 0 saturated heterocycles. The fraction of sp³-hybridized carbons (Fsp3) is 0.647. The van der Waals surface area contributed by atoms with Gasteiger partial charge in [-0.25, -0.2) is 0 Å². The molecule has 0 bridgehead atoms. The van der Waals surface area contributed by atoms with Gasteiger partial charge in [-0.1, -0.05) is 56.0 Å². The van der Waals surface area contributed by atoms with Gasteiger partial charge in [0.1, 0.15) is 5.60 Å². The molecule has 1 unspecified atom stereocenters. The van der Waals surface area contributed by atoms with E-state index < -0.39 is 5.60 Å². The third-order valence-corrected chi connectivity index (χ3v) is 4.61. The monoisotopic (exact) mass is 276 g/mol. The van der Waals surface area contributed by atoms with Gasteiger partial charge in [0.2, 0.25) is 0 Å². The lowest BCUT2D eigenvalue weighted by Crippen LogP contribution is -2.47. The maximum atomic E-state index is 10.9. The van der Waals surface area contributed by atoms with Crippen LogP contribution in [0.2, 0.25) is 0 Å². The lowest BCUT2D eigenvalue weighted by Gasteiger charge is -2.36. The quantitative estimate of drug-likeness (QED) is 0.812. The van der Waals surface area contributed by atoms with E-state index in [0.29, 0.717) is 12.6 Å². The number of hydrogen-bond donors (Lipinski definition) is 2. The molecule has 0 radical (unpaired) electrons. The second-order valence-corrected chi connectivity index (χ2v) is 6.16. The zero-order valence-electron chi connectivity index (χ0n) is 12.6. The molecule has 1 aliphatic rings. The van der Waals surface area contributed by atoms with Gasteiger partial charge >= 0.3 is 0 Å². The first kappa shape index (κ1) is 15.5. The van der Waals surface area contributed by atoms with Gasteiger partial charge in [-0.2, -0.15) is 0 Å². The van der Waals surface area contributed by atoms with Gasteiger partial charge < -0.3 is 15.7 Å². The lowest BCUT2D eigenvalue weighted by atomic mass is 9.92. The molecular formula is C17H28N2O. The number of nitrogens with two attached hydrogens (primary N) is 1. The van der Waals surface area contributed by atoms with E-state index in [9.17, 15) is 5.11 Å². The Morgan fingerprint density at radius 3 is 2.30 bits per heavy atom. The molecule has 3 N–H and O–H groups in total. The first-order valence-corrected chi connectivity index (χ1v) is 7.84. The third kappa shape index (κ3) is 3.81. The SMILES string of the molecule is CN(CC(O)(CN)c1ccccc1)C1CCCCCC1. The Morgan fingerprint density at radius 2 is 1.75 bits per heavy atom. The molecule has 3 heteroatoms. The summed E-state index contributed by atoms with van der Waals surface area (Å²) in [5.41, 5.74) is 5.85. The van der Waals surface area contributed by atoms with Crippen LogP contribution in [0.15, 0.2) is 30.3 Å². The highest BCUT2D eigenvalue weighted by atomic mass is 16.3. The zero-order chi connectivity index (χ0) is 14.4. The van der Waals surface area contributed by atoms with E-state index in [0.717, 1.165) is 5.56 Å². The Bertz CT molecular complexity index is 387. The van der Waals surface area contributed by atoms with Gasteiger partial charge in [0.05, 0.1) is 0 Å². The van der Waals surface area contributed by atoms with Crippen molar-refractivity contribution < 1.29 is 5.11 Å². The Kier molecular flexibility index (Phi) is 5.58. The molecule has 3 nitrogen and oxygen atoms in total. The average Bonchev–Trinajstić information content (AvgIpc) is 2.77. The van der Waals surface area contributed by atoms with Crippen molar-refractivity contribution in [3.8, 4) is 0 Å². The number of aliphatic hydroxyl groups is 1. The first-order valence-electron chi connectivity index (χ1n) is 7.84. The van der Waals surface area contributed by atoms with E-state index in [2.05, 4.69) is 11.9 Å². The van der Waals surface area contributed by atoms with Gasteiger partial charge in [0.25, 0.3) is 0 Å². The van der Waals surface area contributed by atoms with Crippen LogP contribution in [0.25, 0.3) is 0 Å². The molecule has 1 fully saturated rings. The Morgan fingerprint density at radius 1 is 1.15 bits per heavy atom. The fourth-order valence-electron chi connectivity index (χ4n) is 3.26. The molecule has 2 rings (SSSR count). The molecule has 0 spiro atoms. The fourth-order valence-corrected chi connectivity index (χ4v) is 3.26. The van der Waals surface area contributed by atoms with Crippen LogP contribution in [0.5, 0.6) is 0 Å². The summed E-state index contributed by atoms with van der Waals surface area (Å²) in [5, 5.41) is 10.9. The summed E-state index contributed by atoms with van der Waals surface area (Å²) in [6.45, 7) is 0.867. The van der Waals surface area contributed by atoms with E-state index in [1.54, 1.807) is 0 Å². The Balaban J connectivity index is 2.05. The molecule has 1 atom stereocenters. The smallest absolute Gasteiger partial charge is 0.114 e. The predicted octanol–water partition coefficient (Wildman–Crippen LogP) is 2.49. The topological polar surface area (TPSA) is 49.5 Å². The number of benzene rings is 1. The van der Waals surface area contributed by atoms with Crippen LogP contribution >= 0.6 is 0 Å². The predicted molar refractivity (Wildman–Crippen MR) is 83.5 cm³/mol. The van der Waals surface area contributed by atoms with Crippen molar-refractivity contribution in [1.82, 2.24) is 4.90 Å². The molecule has 1 aromatic carbocycles. The number of hydrogen-bond acceptors (Lipinski definition) is 3. The molecule has 112 valence electrons. The standard InChI is InChI=1S/C17H28N2O/c1-19(16-11-7-2-3-8-12-16)14-17(20,13-18)15-9-5-4-6-10-15/h4-6,9-10,16,20H,2-3,7-8,11-14,18H2,1H3. The van der Waals surface area contributed by atoms with Crippen molar-refractivity contribution in [2.45, 2.75) is 50.2 Å². The molecule has 0 aliphatic heterocycles. The molecule has 0 aromatic heterocycles. The van der Waals surface area contributed by atoms with Crippen molar-refractivity contribution in [3.63, 3.8) is 0 Å². The minimum absolute atomic E-state index is 0.258. The molecular weight excluding hydrogens is 248 g/mol. The van der Waals surface area contributed by atoms with E-state index in [1.807, 2.05) is 30.3 Å². The van der Waals surface area contributed by atoms with Crippen LogP contribution in [0.4, 0.5) is 0 Å². The van der Waals surface area contributed by atoms with Gasteiger partial charge in [0.15, 0.2) is 0 Å². The van der Waals surface area contributed by atoms with Crippen LogP contribution in [0.1, 0.15) is 44.1 Å². The molecule has 1 saturated carbocycles. The largest absolute Gasteiger partial charge is 0.382 e. The second kappa shape index (κ2) is 7.21. The van der Waals surface area contributed by atoms with Crippen LogP contribution in [-0.2, 0) is 5.60 Å². The summed E-state index contributed by atoms with van der Waals surface area (Å²) < 4.78 is 0. The third-order valence-electron chi connectivity index (χ3n) is 4.61.